The van der Waals surface area contributed by atoms with Crippen molar-refractivity contribution in [3.8, 4) is 5.75 Å². The summed E-state index contributed by atoms with van der Waals surface area (Å²) in [6.45, 7) is 1.78. The summed E-state index contributed by atoms with van der Waals surface area (Å²) in [6, 6.07) is 6.45. The van der Waals surface area contributed by atoms with Crippen LogP contribution in [0, 0.1) is 6.92 Å². The van der Waals surface area contributed by atoms with Crippen LogP contribution in [-0.4, -0.2) is 23.2 Å². The fourth-order valence-corrected chi connectivity index (χ4v) is 1.58. The van der Waals surface area contributed by atoms with Gasteiger partial charge in [0.05, 0.1) is 18.2 Å². The summed E-state index contributed by atoms with van der Waals surface area (Å²) in [4.78, 5) is 15.6. The number of carbonyl (C=O) groups excluding carboxylic acids is 1. The molecule has 0 atom stereocenters. The van der Waals surface area contributed by atoms with E-state index < -0.39 is 5.97 Å². The predicted octanol–water partition coefficient (Wildman–Crippen LogP) is 2.04. The molecule has 0 saturated carbocycles. The van der Waals surface area contributed by atoms with Crippen LogP contribution in [0.2, 0.25) is 0 Å². The Hall–Kier alpha value is -2.10. The highest BCUT2D eigenvalue weighted by atomic mass is 16.5. The van der Waals surface area contributed by atoms with Gasteiger partial charge in [-0.25, -0.2) is 4.79 Å². The number of pyridine rings is 1. The van der Waals surface area contributed by atoms with Crippen molar-refractivity contribution in [3.63, 3.8) is 0 Å². The summed E-state index contributed by atoms with van der Waals surface area (Å²) in [5.74, 6) is -0.247. The summed E-state index contributed by atoms with van der Waals surface area (Å²) in [6.07, 6.45) is 0. The molecule has 2 rings (SSSR count). The molecule has 0 saturated heterocycles. The molecule has 1 heterocycles. The largest absolute Gasteiger partial charge is 0.507 e. The minimum Gasteiger partial charge on any atom is -0.507 e. The van der Waals surface area contributed by atoms with Gasteiger partial charge in [-0.3, -0.25) is 4.98 Å². The molecule has 0 aliphatic rings. The van der Waals surface area contributed by atoms with Gasteiger partial charge in [0.1, 0.15) is 5.75 Å². The van der Waals surface area contributed by atoms with Crippen LogP contribution < -0.4 is 0 Å². The molecule has 0 unspecified atom stereocenters. The van der Waals surface area contributed by atoms with Crippen molar-refractivity contribution in [2.45, 2.75) is 6.92 Å². The van der Waals surface area contributed by atoms with Crippen LogP contribution >= 0.6 is 0 Å². The van der Waals surface area contributed by atoms with Crippen LogP contribution in [0.25, 0.3) is 10.9 Å². The minimum atomic E-state index is -0.412. The average Bonchev–Trinajstić information content (AvgIpc) is 2.27. The molecule has 0 amide bonds. The Kier molecular flexibility index (Phi) is 2.48. The number of rotatable bonds is 1. The van der Waals surface area contributed by atoms with Gasteiger partial charge in [-0.05, 0) is 25.1 Å². The summed E-state index contributed by atoms with van der Waals surface area (Å²) >= 11 is 0. The molecule has 4 heteroatoms. The van der Waals surface area contributed by atoms with Crippen LogP contribution in [0.4, 0.5) is 0 Å². The third-order valence-corrected chi connectivity index (χ3v) is 2.34. The van der Waals surface area contributed by atoms with E-state index in [1.165, 1.54) is 7.11 Å². The Labute approximate surface area is 92.5 Å². The van der Waals surface area contributed by atoms with Gasteiger partial charge >= 0.3 is 5.97 Å². The van der Waals surface area contributed by atoms with E-state index in [0.717, 1.165) is 0 Å². The highest BCUT2D eigenvalue weighted by Crippen LogP contribution is 2.24. The fraction of sp³-hybridized carbons (Fsp3) is 0.167. The number of aryl methyl sites for hydroxylation is 1. The molecule has 1 aromatic carbocycles. The van der Waals surface area contributed by atoms with Crippen molar-refractivity contribution < 1.29 is 14.6 Å². The van der Waals surface area contributed by atoms with Gasteiger partial charge in [-0.2, -0.15) is 0 Å². The molecule has 0 aliphatic heterocycles. The van der Waals surface area contributed by atoms with E-state index in [1.54, 1.807) is 31.2 Å². The molecule has 0 fully saturated rings. The number of nitrogens with zero attached hydrogens (tertiary/aromatic N) is 1. The lowest BCUT2D eigenvalue weighted by atomic mass is 10.1. The van der Waals surface area contributed by atoms with E-state index in [2.05, 4.69) is 9.72 Å². The predicted molar refractivity (Wildman–Crippen MR) is 59.5 cm³/mol. The number of hydrogen-bond acceptors (Lipinski definition) is 4. The third-order valence-electron chi connectivity index (χ3n) is 2.34. The second-order valence-corrected chi connectivity index (χ2v) is 3.51. The number of esters is 1. The summed E-state index contributed by atoms with van der Waals surface area (Å²) in [5.41, 5.74) is 1.71. The second-order valence-electron chi connectivity index (χ2n) is 3.51. The first kappa shape index (κ1) is 10.4. The minimum absolute atomic E-state index is 0.166. The fourth-order valence-electron chi connectivity index (χ4n) is 1.58. The van der Waals surface area contributed by atoms with Crippen molar-refractivity contribution in [3.05, 3.63) is 35.5 Å². The van der Waals surface area contributed by atoms with E-state index in [9.17, 15) is 9.90 Å². The van der Waals surface area contributed by atoms with E-state index in [0.29, 0.717) is 22.2 Å². The van der Waals surface area contributed by atoms with Gasteiger partial charge in [0.25, 0.3) is 0 Å². The first-order valence-corrected chi connectivity index (χ1v) is 4.80. The number of fused-ring (bicyclic) bond motifs is 1. The molecule has 0 aliphatic carbocycles. The molecule has 0 radical (unpaired) electrons. The van der Waals surface area contributed by atoms with Gasteiger partial charge < -0.3 is 9.84 Å². The normalized spacial score (nSPS) is 10.4. The SMILES string of the molecule is COC(=O)c1ccc2c(O)cc(C)nc2c1. The summed E-state index contributed by atoms with van der Waals surface area (Å²) in [5, 5.41) is 10.3. The Morgan fingerprint density at radius 2 is 2.12 bits per heavy atom. The Balaban J connectivity index is 2.66. The summed E-state index contributed by atoms with van der Waals surface area (Å²) in [7, 11) is 1.33. The maximum Gasteiger partial charge on any atom is 0.337 e. The molecule has 0 spiro atoms. The zero-order chi connectivity index (χ0) is 11.7. The molecule has 1 aromatic heterocycles. The van der Waals surface area contributed by atoms with E-state index in [1.807, 2.05) is 0 Å². The number of aromatic nitrogens is 1. The van der Waals surface area contributed by atoms with Crippen LogP contribution in [0.15, 0.2) is 24.3 Å². The lowest BCUT2D eigenvalue weighted by molar-refractivity contribution is 0.0601. The molecular weight excluding hydrogens is 206 g/mol. The van der Waals surface area contributed by atoms with Crippen LogP contribution in [0.1, 0.15) is 16.1 Å². The van der Waals surface area contributed by atoms with E-state index in [4.69, 9.17) is 0 Å². The smallest absolute Gasteiger partial charge is 0.337 e. The summed E-state index contributed by atoms with van der Waals surface area (Å²) < 4.78 is 4.62. The van der Waals surface area contributed by atoms with Crippen molar-refractivity contribution >= 4 is 16.9 Å². The van der Waals surface area contributed by atoms with E-state index in [-0.39, 0.29) is 5.75 Å². The molecular formula is C12H11NO3. The second kappa shape index (κ2) is 3.81. The van der Waals surface area contributed by atoms with E-state index >= 15 is 0 Å². The van der Waals surface area contributed by atoms with Gasteiger partial charge in [-0.15, -0.1) is 0 Å². The van der Waals surface area contributed by atoms with Gasteiger partial charge in [-0.1, -0.05) is 0 Å². The molecule has 82 valence electrons. The maximum absolute atomic E-state index is 11.3. The maximum atomic E-state index is 11.3. The highest BCUT2D eigenvalue weighted by Gasteiger charge is 2.08. The van der Waals surface area contributed by atoms with Crippen molar-refractivity contribution in [2.24, 2.45) is 0 Å². The topological polar surface area (TPSA) is 59.4 Å². The number of ether oxygens (including phenoxy) is 1. The molecule has 2 aromatic rings. The van der Waals surface area contributed by atoms with Gasteiger partial charge in [0.15, 0.2) is 0 Å². The third kappa shape index (κ3) is 1.69. The van der Waals surface area contributed by atoms with Crippen LogP contribution in [0.3, 0.4) is 0 Å². The number of carbonyl (C=O) groups is 1. The number of benzene rings is 1. The Bertz CT molecular complexity index is 563. The molecule has 16 heavy (non-hydrogen) atoms. The Morgan fingerprint density at radius 3 is 2.81 bits per heavy atom. The first-order chi connectivity index (χ1) is 7.61. The lowest BCUT2D eigenvalue weighted by Crippen LogP contribution is -2.01. The van der Waals surface area contributed by atoms with Crippen molar-refractivity contribution in [2.75, 3.05) is 7.11 Å². The zero-order valence-corrected chi connectivity index (χ0v) is 9.02. The monoisotopic (exact) mass is 217 g/mol. The number of hydrogen-bond donors (Lipinski definition) is 1. The molecule has 4 nitrogen and oxygen atoms in total. The lowest BCUT2D eigenvalue weighted by Gasteiger charge is -2.04. The Morgan fingerprint density at radius 1 is 1.38 bits per heavy atom. The zero-order valence-electron chi connectivity index (χ0n) is 9.02. The van der Waals surface area contributed by atoms with Crippen LogP contribution in [0.5, 0.6) is 5.75 Å². The standard InChI is InChI=1S/C12H11NO3/c1-7-5-11(14)9-4-3-8(12(15)16-2)6-10(9)13-7/h3-6H,1-2H3,(H,13,14). The van der Waals surface area contributed by atoms with Crippen molar-refractivity contribution in [1.82, 2.24) is 4.98 Å². The number of methoxy groups -OCH3 is 1. The highest BCUT2D eigenvalue weighted by molar-refractivity contribution is 5.95. The number of aromatic hydroxyl groups is 1. The molecule has 1 N–H and O–H groups in total. The quantitative estimate of drug-likeness (QED) is 0.742. The van der Waals surface area contributed by atoms with Crippen LogP contribution in [-0.2, 0) is 4.74 Å². The van der Waals surface area contributed by atoms with Gasteiger partial charge in [0, 0.05) is 17.1 Å². The first-order valence-electron chi connectivity index (χ1n) is 4.80. The van der Waals surface area contributed by atoms with Crippen molar-refractivity contribution in [1.29, 1.82) is 0 Å². The molecule has 0 bridgehead atoms. The average molecular weight is 217 g/mol. The van der Waals surface area contributed by atoms with Gasteiger partial charge in [0.2, 0.25) is 0 Å².